The van der Waals surface area contributed by atoms with Crippen LogP contribution in [0.2, 0.25) is 0 Å². The van der Waals surface area contributed by atoms with E-state index in [1.54, 1.807) is 0 Å². The van der Waals surface area contributed by atoms with Crippen LogP contribution in [0, 0.1) is 0 Å². The van der Waals surface area contributed by atoms with Crippen LogP contribution in [0.3, 0.4) is 0 Å². The standard InChI is InChI=1S/C23H30O9S/c1-27-23-22(31-14-18-11-7-4-8-12-18)21(30-13-17-9-5-3-6-10-17)20(24)19(32-23)15-29-16-33(25,26)28-2/h3-12,19-24H,13-16H2,1-2H3/t19-,20-,21+,22-,23+/m1/s1. The lowest BCUT2D eigenvalue weighted by molar-refractivity contribution is -0.315. The molecule has 1 saturated heterocycles. The molecule has 0 radical (unpaired) electrons. The third-order valence-electron chi connectivity index (χ3n) is 5.19. The van der Waals surface area contributed by atoms with E-state index in [0.717, 1.165) is 18.2 Å². The fourth-order valence-electron chi connectivity index (χ4n) is 3.43. The SMILES string of the molecule is CO[C@H]1O[C@H](COCS(=O)(=O)OC)[C@@H](O)[C@H](OCc2ccccc2)[C@H]1OCc1ccccc1. The number of aliphatic hydroxyl groups excluding tert-OH is 1. The van der Waals surface area contributed by atoms with Gasteiger partial charge in [0, 0.05) is 7.11 Å². The lowest BCUT2D eigenvalue weighted by Gasteiger charge is -2.43. The van der Waals surface area contributed by atoms with Gasteiger partial charge in [-0.2, -0.15) is 8.42 Å². The lowest BCUT2D eigenvalue weighted by atomic mass is 9.98. The van der Waals surface area contributed by atoms with Gasteiger partial charge in [-0.3, -0.25) is 4.18 Å². The summed E-state index contributed by atoms with van der Waals surface area (Å²) in [5, 5.41) is 11.0. The molecule has 1 fully saturated rings. The number of hydrogen-bond acceptors (Lipinski definition) is 9. The van der Waals surface area contributed by atoms with Crippen LogP contribution in [0.25, 0.3) is 0 Å². The average molecular weight is 483 g/mol. The minimum Gasteiger partial charge on any atom is -0.387 e. The molecule has 0 aromatic heterocycles. The van der Waals surface area contributed by atoms with E-state index in [0.29, 0.717) is 0 Å². The van der Waals surface area contributed by atoms with E-state index >= 15 is 0 Å². The first kappa shape index (κ1) is 25.7. The molecule has 2 aromatic rings. The van der Waals surface area contributed by atoms with Crippen molar-refractivity contribution in [3.05, 3.63) is 71.8 Å². The molecule has 0 amide bonds. The molecule has 0 spiro atoms. The summed E-state index contributed by atoms with van der Waals surface area (Å²) in [5.41, 5.74) is 1.87. The van der Waals surface area contributed by atoms with E-state index < -0.39 is 46.8 Å². The fraction of sp³-hybridized carbons (Fsp3) is 0.478. The molecular weight excluding hydrogens is 452 g/mol. The molecule has 33 heavy (non-hydrogen) atoms. The van der Waals surface area contributed by atoms with E-state index in [1.165, 1.54) is 7.11 Å². The van der Waals surface area contributed by atoms with Gasteiger partial charge in [-0.05, 0) is 11.1 Å². The van der Waals surface area contributed by atoms with E-state index in [2.05, 4.69) is 4.18 Å². The number of methoxy groups -OCH3 is 1. The fourth-order valence-corrected chi connectivity index (χ4v) is 3.83. The van der Waals surface area contributed by atoms with Crippen molar-refractivity contribution in [3.8, 4) is 0 Å². The molecule has 2 aromatic carbocycles. The summed E-state index contributed by atoms with van der Waals surface area (Å²) in [7, 11) is -1.30. The normalized spacial score (nSPS) is 25.7. The van der Waals surface area contributed by atoms with Crippen molar-refractivity contribution in [2.24, 2.45) is 0 Å². The van der Waals surface area contributed by atoms with Gasteiger partial charge in [-0.1, -0.05) is 60.7 Å². The van der Waals surface area contributed by atoms with E-state index in [1.807, 2.05) is 60.7 Å². The Kier molecular flexibility index (Phi) is 9.78. The average Bonchev–Trinajstić information content (AvgIpc) is 2.84. The van der Waals surface area contributed by atoms with Gasteiger partial charge in [0.05, 0.1) is 26.9 Å². The van der Waals surface area contributed by atoms with E-state index in [9.17, 15) is 13.5 Å². The first-order chi connectivity index (χ1) is 15.9. The second kappa shape index (κ2) is 12.5. The quantitative estimate of drug-likeness (QED) is 0.453. The maximum absolute atomic E-state index is 11.5. The number of hydrogen-bond donors (Lipinski definition) is 1. The lowest BCUT2D eigenvalue weighted by Crippen LogP contribution is -2.60. The Hall–Kier alpha value is -1.89. The van der Waals surface area contributed by atoms with Gasteiger partial charge in [0.15, 0.2) is 12.2 Å². The Morgan fingerprint density at radius 1 is 0.879 bits per heavy atom. The molecular formula is C23H30O9S. The van der Waals surface area contributed by atoms with Crippen LogP contribution in [0.15, 0.2) is 60.7 Å². The zero-order valence-corrected chi connectivity index (χ0v) is 19.4. The molecule has 1 heterocycles. The van der Waals surface area contributed by atoms with Gasteiger partial charge in [0.1, 0.15) is 24.4 Å². The van der Waals surface area contributed by atoms with Crippen molar-refractivity contribution < 1.29 is 41.4 Å². The highest BCUT2D eigenvalue weighted by Crippen LogP contribution is 2.28. The van der Waals surface area contributed by atoms with Crippen molar-refractivity contribution in [1.29, 1.82) is 0 Å². The van der Waals surface area contributed by atoms with Crippen LogP contribution in [-0.4, -0.2) is 71.0 Å². The van der Waals surface area contributed by atoms with Crippen LogP contribution < -0.4 is 0 Å². The largest absolute Gasteiger partial charge is 0.387 e. The summed E-state index contributed by atoms with van der Waals surface area (Å²) in [6.45, 7) is 0.288. The summed E-state index contributed by atoms with van der Waals surface area (Å²) in [5.74, 6) is -0.669. The third kappa shape index (κ3) is 7.56. The van der Waals surface area contributed by atoms with Gasteiger partial charge >= 0.3 is 0 Å². The Balaban J connectivity index is 1.72. The Bertz CT molecular complexity index is 923. The maximum Gasteiger partial charge on any atom is 0.291 e. The van der Waals surface area contributed by atoms with Gasteiger partial charge in [0.2, 0.25) is 0 Å². The van der Waals surface area contributed by atoms with Gasteiger partial charge in [-0.15, -0.1) is 0 Å². The predicted octanol–water partition coefficient (Wildman–Crippen LogP) is 1.84. The first-order valence-corrected chi connectivity index (χ1v) is 12.0. The summed E-state index contributed by atoms with van der Waals surface area (Å²) in [6.07, 6.45) is -4.50. The van der Waals surface area contributed by atoms with E-state index in [-0.39, 0.29) is 19.8 Å². The van der Waals surface area contributed by atoms with Crippen LogP contribution in [0.1, 0.15) is 11.1 Å². The van der Waals surface area contributed by atoms with E-state index in [4.69, 9.17) is 23.7 Å². The molecule has 0 aliphatic carbocycles. The van der Waals surface area contributed by atoms with Gasteiger partial charge in [0.25, 0.3) is 10.1 Å². The van der Waals surface area contributed by atoms with Crippen LogP contribution in [0.5, 0.6) is 0 Å². The summed E-state index contributed by atoms with van der Waals surface area (Å²) in [6, 6.07) is 19.1. The molecule has 9 nitrogen and oxygen atoms in total. The molecule has 0 bridgehead atoms. The summed E-state index contributed by atoms with van der Waals surface area (Å²) < 4.78 is 56.1. The molecule has 1 N–H and O–H groups in total. The van der Waals surface area contributed by atoms with Crippen LogP contribution in [0.4, 0.5) is 0 Å². The molecule has 1 aliphatic heterocycles. The zero-order chi connectivity index (χ0) is 23.7. The summed E-state index contributed by atoms with van der Waals surface area (Å²) in [4.78, 5) is 0. The highest BCUT2D eigenvalue weighted by Gasteiger charge is 2.47. The highest BCUT2D eigenvalue weighted by molar-refractivity contribution is 7.86. The van der Waals surface area contributed by atoms with Crippen molar-refractivity contribution in [2.45, 2.75) is 43.9 Å². The maximum atomic E-state index is 11.5. The molecule has 0 unspecified atom stereocenters. The molecule has 182 valence electrons. The number of benzene rings is 2. The monoisotopic (exact) mass is 482 g/mol. The Morgan fingerprint density at radius 3 is 1.94 bits per heavy atom. The molecule has 5 atom stereocenters. The van der Waals surface area contributed by atoms with Gasteiger partial charge in [-0.25, -0.2) is 0 Å². The first-order valence-electron chi connectivity index (χ1n) is 10.5. The summed E-state index contributed by atoms with van der Waals surface area (Å²) >= 11 is 0. The second-order valence-corrected chi connectivity index (χ2v) is 9.19. The highest BCUT2D eigenvalue weighted by atomic mass is 32.2. The van der Waals surface area contributed by atoms with Crippen LogP contribution in [-0.2, 0) is 51.2 Å². The number of aliphatic hydroxyl groups is 1. The zero-order valence-electron chi connectivity index (χ0n) is 18.6. The van der Waals surface area contributed by atoms with Crippen molar-refractivity contribution in [3.63, 3.8) is 0 Å². The van der Waals surface area contributed by atoms with Crippen molar-refractivity contribution in [1.82, 2.24) is 0 Å². The number of ether oxygens (including phenoxy) is 5. The second-order valence-electron chi connectivity index (χ2n) is 7.50. The molecule has 3 rings (SSSR count). The predicted molar refractivity (Wildman–Crippen MR) is 118 cm³/mol. The van der Waals surface area contributed by atoms with Crippen molar-refractivity contribution in [2.75, 3.05) is 26.8 Å². The minimum absolute atomic E-state index is 0.208. The topological polar surface area (TPSA) is 110 Å². The van der Waals surface area contributed by atoms with Gasteiger partial charge < -0.3 is 28.8 Å². The molecule has 1 aliphatic rings. The number of rotatable bonds is 12. The molecule has 0 saturated carbocycles. The minimum atomic E-state index is -3.81. The Morgan fingerprint density at radius 2 is 1.42 bits per heavy atom. The molecule has 10 heteroatoms. The van der Waals surface area contributed by atoms with Crippen molar-refractivity contribution >= 4 is 10.1 Å². The Labute approximate surface area is 194 Å². The van der Waals surface area contributed by atoms with Crippen LogP contribution >= 0.6 is 0 Å². The smallest absolute Gasteiger partial charge is 0.291 e. The third-order valence-corrected chi connectivity index (χ3v) is 6.15.